The lowest BCUT2D eigenvalue weighted by Crippen LogP contribution is -2.42. The summed E-state index contributed by atoms with van der Waals surface area (Å²) in [7, 11) is 1.85. The zero-order chi connectivity index (χ0) is 13.4. The number of amides is 1. The highest BCUT2D eigenvalue weighted by molar-refractivity contribution is 6.04. The van der Waals surface area contributed by atoms with Crippen LogP contribution < -0.4 is 11.1 Å². The number of hydrogen-bond donors (Lipinski definition) is 2. The van der Waals surface area contributed by atoms with Crippen molar-refractivity contribution in [2.45, 2.75) is 18.9 Å². The molecule has 1 saturated carbocycles. The molecular weight excluding hydrogens is 240 g/mol. The Morgan fingerprint density at radius 1 is 1.53 bits per heavy atom. The van der Waals surface area contributed by atoms with E-state index in [0.717, 1.165) is 23.7 Å². The normalized spacial score (nSPS) is 16.5. The number of nitrogens with one attached hydrogen (secondary N) is 1. The number of nitrogens with two attached hydrogens (primary N) is 1. The molecule has 5 heteroatoms. The van der Waals surface area contributed by atoms with Gasteiger partial charge in [0.1, 0.15) is 0 Å². The summed E-state index contributed by atoms with van der Waals surface area (Å²) in [6.07, 6.45) is 2.32. The molecular formula is C14H18N4O. The van der Waals surface area contributed by atoms with Crippen molar-refractivity contribution in [3.63, 3.8) is 0 Å². The Hall–Kier alpha value is -1.88. The van der Waals surface area contributed by atoms with Crippen LogP contribution in [0.3, 0.4) is 0 Å². The molecule has 5 nitrogen and oxygen atoms in total. The smallest absolute Gasteiger partial charge is 0.272 e. The lowest BCUT2D eigenvalue weighted by molar-refractivity contribution is 0.0929. The van der Waals surface area contributed by atoms with Crippen LogP contribution in [0.2, 0.25) is 0 Å². The van der Waals surface area contributed by atoms with Crippen LogP contribution in [0.5, 0.6) is 0 Å². The number of nitrogens with zero attached hydrogens (tertiary/aromatic N) is 2. The summed E-state index contributed by atoms with van der Waals surface area (Å²) in [4.78, 5) is 12.3. The highest BCUT2D eigenvalue weighted by Crippen LogP contribution is 2.32. The quantitative estimate of drug-likeness (QED) is 0.860. The molecule has 3 rings (SSSR count). The van der Waals surface area contributed by atoms with Gasteiger partial charge in [0.2, 0.25) is 0 Å². The Morgan fingerprint density at radius 2 is 2.26 bits per heavy atom. The van der Waals surface area contributed by atoms with Crippen molar-refractivity contribution in [2.24, 2.45) is 18.7 Å². The highest BCUT2D eigenvalue weighted by atomic mass is 16.2. The van der Waals surface area contributed by atoms with Crippen LogP contribution in [0.25, 0.3) is 10.9 Å². The van der Waals surface area contributed by atoms with Crippen molar-refractivity contribution in [3.05, 3.63) is 30.0 Å². The second-order valence-electron chi connectivity index (χ2n) is 5.14. The topological polar surface area (TPSA) is 72.9 Å². The Kier molecular flexibility index (Phi) is 2.98. The van der Waals surface area contributed by atoms with Crippen LogP contribution in [0.4, 0.5) is 0 Å². The van der Waals surface area contributed by atoms with E-state index in [2.05, 4.69) is 10.4 Å². The molecule has 1 unspecified atom stereocenters. The maximum atomic E-state index is 12.3. The van der Waals surface area contributed by atoms with Crippen molar-refractivity contribution >= 4 is 16.8 Å². The predicted molar refractivity (Wildman–Crippen MR) is 73.7 cm³/mol. The minimum Gasteiger partial charge on any atom is -0.346 e. The fourth-order valence-electron chi connectivity index (χ4n) is 2.49. The maximum absolute atomic E-state index is 12.3. The van der Waals surface area contributed by atoms with Gasteiger partial charge in [-0.1, -0.05) is 18.2 Å². The zero-order valence-electron chi connectivity index (χ0n) is 11.0. The second kappa shape index (κ2) is 4.66. The molecule has 0 saturated heterocycles. The van der Waals surface area contributed by atoms with Gasteiger partial charge in [-0.25, -0.2) is 0 Å². The number of hydrogen-bond acceptors (Lipinski definition) is 3. The lowest BCUT2D eigenvalue weighted by atomic mass is 10.1. The van der Waals surface area contributed by atoms with E-state index in [0.29, 0.717) is 18.2 Å². The first-order valence-corrected chi connectivity index (χ1v) is 6.63. The van der Waals surface area contributed by atoms with Gasteiger partial charge in [-0.3, -0.25) is 9.48 Å². The number of carbonyl (C=O) groups excluding carboxylic acids is 1. The summed E-state index contributed by atoms with van der Waals surface area (Å²) in [5.41, 5.74) is 7.16. The van der Waals surface area contributed by atoms with Gasteiger partial charge in [0.25, 0.3) is 5.91 Å². The number of carbonyl (C=O) groups is 1. The van der Waals surface area contributed by atoms with E-state index in [1.54, 1.807) is 4.68 Å². The van der Waals surface area contributed by atoms with Gasteiger partial charge in [0.05, 0.1) is 5.52 Å². The van der Waals surface area contributed by atoms with E-state index in [-0.39, 0.29) is 11.9 Å². The van der Waals surface area contributed by atoms with E-state index in [1.165, 1.54) is 0 Å². The van der Waals surface area contributed by atoms with Gasteiger partial charge in [-0.2, -0.15) is 5.10 Å². The molecule has 3 N–H and O–H groups in total. The van der Waals surface area contributed by atoms with Crippen molar-refractivity contribution < 1.29 is 4.79 Å². The van der Waals surface area contributed by atoms with E-state index in [9.17, 15) is 4.79 Å². The monoisotopic (exact) mass is 258 g/mol. The number of fused-ring (bicyclic) bond motifs is 1. The van der Waals surface area contributed by atoms with Crippen molar-refractivity contribution in [1.82, 2.24) is 15.1 Å². The van der Waals surface area contributed by atoms with Gasteiger partial charge in [0.15, 0.2) is 5.69 Å². The summed E-state index contributed by atoms with van der Waals surface area (Å²) in [6, 6.07) is 7.82. The number of aromatic nitrogens is 2. The van der Waals surface area contributed by atoms with Crippen LogP contribution >= 0.6 is 0 Å². The average molecular weight is 258 g/mol. The van der Waals surface area contributed by atoms with Gasteiger partial charge in [-0.15, -0.1) is 0 Å². The molecule has 1 amide bonds. The fraction of sp³-hybridized carbons (Fsp3) is 0.429. The number of para-hydroxylation sites is 1. The third-order valence-corrected chi connectivity index (χ3v) is 3.73. The Bertz CT molecular complexity index is 615. The summed E-state index contributed by atoms with van der Waals surface area (Å²) in [6.45, 7) is 0.487. The minimum atomic E-state index is -0.126. The lowest BCUT2D eigenvalue weighted by Gasteiger charge is -2.14. The molecule has 1 aliphatic carbocycles. The average Bonchev–Trinajstić information content (AvgIpc) is 3.21. The molecule has 100 valence electrons. The fourth-order valence-corrected chi connectivity index (χ4v) is 2.49. The molecule has 0 radical (unpaired) electrons. The predicted octanol–water partition coefficient (Wildman–Crippen LogP) is 1.04. The molecule has 0 spiro atoms. The van der Waals surface area contributed by atoms with Crippen LogP contribution in [-0.4, -0.2) is 28.3 Å². The van der Waals surface area contributed by atoms with E-state index in [1.807, 2.05) is 31.3 Å². The first-order chi connectivity index (χ1) is 9.20. The summed E-state index contributed by atoms with van der Waals surface area (Å²) >= 11 is 0. The van der Waals surface area contributed by atoms with Crippen LogP contribution in [-0.2, 0) is 7.05 Å². The Morgan fingerprint density at radius 3 is 2.95 bits per heavy atom. The SMILES string of the molecule is Cn1nc(C(=O)NC(CN)C2CC2)c2ccccc21. The molecule has 19 heavy (non-hydrogen) atoms. The Balaban J connectivity index is 1.89. The van der Waals surface area contributed by atoms with E-state index >= 15 is 0 Å². The molecule has 0 bridgehead atoms. The molecule has 1 fully saturated rings. The number of rotatable bonds is 4. The van der Waals surface area contributed by atoms with Gasteiger partial charge < -0.3 is 11.1 Å². The first kappa shape index (κ1) is 12.2. The van der Waals surface area contributed by atoms with E-state index < -0.39 is 0 Å². The number of aryl methyl sites for hydroxylation is 1. The maximum Gasteiger partial charge on any atom is 0.272 e. The van der Waals surface area contributed by atoms with Crippen LogP contribution in [0.15, 0.2) is 24.3 Å². The first-order valence-electron chi connectivity index (χ1n) is 6.63. The summed E-state index contributed by atoms with van der Waals surface area (Å²) < 4.78 is 1.73. The molecule has 2 aromatic rings. The molecule has 1 heterocycles. The van der Waals surface area contributed by atoms with Crippen molar-refractivity contribution in [3.8, 4) is 0 Å². The van der Waals surface area contributed by atoms with Crippen molar-refractivity contribution in [1.29, 1.82) is 0 Å². The van der Waals surface area contributed by atoms with Crippen LogP contribution in [0.1, 0.15) is 23.3 Å². The van der Waals surface area contributed by atoms with Crippen molar-refractivity contribution in [2.75, 3.05) is 6.54 Å². The molecule has 1 aliphatic rings. The summed E-state index contributed by atoms with van der Waals surface area (Å²) in [5, 5.41) is 8.21. The third kappa shape index (κ3) is 2.21. The molecule has 1 aromatic carbocycles. The standard InChI is InChI=1S/C14H18N4O/c1-18-12-5-3-2-4-10(12)13(17-18)14(19)16-11(8-15)9-6-7-9/h2-5,9,11H,6-8,15H2,1H3,(H,16,19). The third-order valence-electron chi connectivity index (χ3n) is 3.73. The minimum absolute atomic E-state index is 0.0771. The van der Waals surface area contributed by atoms with E-state index in [4.69, 9.17) is 5.73 Å². The van der Waals surface area contributed by atoms with Gasteiger partial charge in [0, 0.05) is 25.0 Å². The zero-order valence-corrected chi connectivity index (χ0v) is 11.0. The summed E-state index contributed by atoms with van der Waals surface area (Å²) in [5.74, 6) is 0.420. The van der Waals surface area contributed by atoms with Gasteiger partial charge in [-0.05, 0) is 24.8 Å². The molecule has 1 atom stereocenters. The Labute approximate surface area is 111 Å². The highest BCUT2D eigenvalue weighted by Gasteiger charge is 2.32. The second-order valence-corrected chi connectivity index (χ2v) is 5.14. The molecule has 0 aliphatic heterocycles. The number of benzene rings is 1. The van der Waals surface area contributed by atoms with Gasteiger partial charge >= 0.3 is 0 Å². The van der Waals surface area contributed by atoms with Crippen LogP contribution in [0, 0.1) is 5.92 Å². The largest absolute Gasteiger partial charge is 0.346 e. The molecule has 1 aromatic heterocycles.